The number of nitrogens with two attached hydrogens (primary N) is 1. The fourth-order valence-corrected chi connectivity index (χ4v) is 3.02. The summed E-state index contributed by atoms with van der Waals surface area (Å²) in [4.78, 5) is 13.2. The lowest BCUT2D eigenvalue weighted by Crippen LogP contribution is -2.33. The number of ether oxygens (including phenoxy) is 1. The molecule has 5 heteroatoms. The van der Waals surface area contributed by atoms with Crippen LogP contribution in [0.4, 0.5) is 4.39 Å². The van der Waals surface area contributed by atoms with Crippen LogP contribution in [0.5, 0.6) is 5.75 Å². The van der Waals surface area contributed by atoms with Crippen molar-refractivity contribution in [3.05, 3.63) is 65.0 Å². The van der Waals surface area contributed by atoms with Gasteiger partial charge in [-0.3, -0.25) is 9.69 Å². The van der Waals surface area contributed by atoms with E-state index in [1.807, 2.05) is 18.2 Å². The Balaban J connectivity index is 1.69. The lowest BCUT2D eigenvalue weighted by atomic mass is 10.0. The minimum absolute atomic E-state index is 0.208. The molecule has 1 amide bonds. The van der Waals surface area contributed by atoms with Crippen LogP contribution in [0.25, 0.3) is 0 Å². The van der Waals surface area contributed by atoms with Gasteiger partial charge < -0.3 is 10.5 Å². The van der Waals surface area contributed by atoms with Crippen molar-refractivity contribution in [2.75, 3.05) is 13.1 Å². The standard InChI is InChI=1S/C19H21FN2O2/c20-18-6-2-1-4-16(18)13-24-17-8-7-15-11-22(12-19(21)23)9-3-5-14(15)10-17/h1-2,4,6-8,10H,3,5,9,11-13H2,(H2,21,23). The van der Waals surface area contributed by atoms with Gasteiger partial charge in [-0.25, -0.2) is 4.39 Å². The molecule has 4 nitrogen and oxygen atoms in total. The molecule has 0 fully saturated rings. The van der Waals surface area contributed by atoms with Gasteiger partial charge in [0.2, 0.25) is 5.91 Å². The molecule has 2 N–H and O–H groups in total. The van der Waals surface area contributed by atoms with Gasteiger partial charge in [0.25, 0.3) is 0 Å². The molecule has 2 aromatic carbocycles. The van der Waals surface area contributed by atoms with Gasteiger partial charge in [-0.1, -0.05) is 24.3 Å². The third kappa shape index (κ3) is 4.11. The topological polar surface area (TPSA) is 55.6 Å². The largest absolute Gasteiger partial charge is 0.489 e. The van der Waals surface area contributed by atoms with Crippen molar-refractivity contribution < 1.29 is 13.9 Å². The van der Waals surface area contributed by atoms with Gasteiger partial charge >= 0.3 is 0 Å². The third-order valence-corrected chi connectivity index (χ3v) is 4.22. The number of aryl methyl sites for hydroxylation is 1. The van der Waals surface area contributed by atoms with Crippen molar-refractivity contribution in [1.82, 2.24) is 4.90 Å². The minimum atomic E-state index is -0.303. The van der Waals surface area contributed by atoms with Crippen LogP contribution in [0, 0.1) is 5.82 Å². The quantitative estimate of drug-likeness (QED) is 0.918. The molecular weight excluding hydrogens is 307 g/mol. The second-order valence-corrected chi connectivity index (χ2v) is 6.09. The van der Waals surface area contributed by atoms with Crippen LogP contribution < -0.4 is 10.5 Å². The van der Waals surface area contributed by atoms with Gasteiger partial charge in [0.05, 0.1) is 6.54 Å². The highest BCUT2D eigenvalue weighted by Crippen LogP contribution is 2.24. The summed E-state index contributed by atoms with van der Waals surface area (Å²) < 4.78 is 19.4. The number of fused-ring (bicyclic) bond motifs is 1. The summed E-state index contributed by atoms with van der Waals surface area (Å²) in [5, 5.41) is 0. The molecule has 0 bridgehead atoms. The zero-order valence-electron chi connectivity index (χ0n) is 13.5. The summed E-state index contributed by atoms with van der Waals surface area (Å²) in [6.45, 7) is 2.05. The molecule has 126 valence electrons. The summed E-state index contributed by atoms with van der Waals surface area (Å²) in [5.74, 6) is 0.179. The first kappa shape index (κ1) is 16.5. The first-order valence-electron chi connectivity index (χ1n) is 8.10. The van der Waals surface area contributed by atoms with Crippen LogP contribution >= 0.6 is 0 Å². The first-order valence-corrected chi connectivity index (χ1v) is 8.10. The van der Waals surface area contributed by atoms with Crippen molar-refractivity contribution in [3.8, 4) is 5.75 Å². The van der Waals surface area contributed by atoms with Gasteiger partial charge in [0.15, 0.2) is 0 Å². The zero-order chi connectivity index (χ0) is 16.9. The summed E-state index contributed by atoms with van der Waals surface area (Å²) >= 11 is 0. The fourth-order valence-electron chi connectivity index (χ4n) is 3.02. The van der Waals surface area contributed by atoms with Crippen molar-refractivity contribution in [1.29, 1.82) is 0 Å². The normalized spacial score (nSPS) is 14.7. The highest BCUT2D eigenvalue weighted by atomic mass is 19.1. The van der Waals surface area contributed by atoms with Gasteiger partial charge in [0.1, 0.15) is 18.2 Å². The van der Waals surface area contributed by atoms with Gasteiger partial charge in [0, 0.05) is 12.1 Å². The number of hydrogen-bond donors (Lipinski definition) is 1. The lowest BCUT2D eigenvalue weighted by molar-refractivity contribution is -0.119. The SMILES string of the molecule is NC(=O)CN1CCCc2cc(OCc3ccccc3F)ccc2C1. The van der Waals surface area contributed by atoms with E-state index in [4.69, 9.17) is 10.5 Å². The molecular formula is C19H21FN2O2. The van der Waals surface area contributed by atoms with Crippen LogP contribution in [0.1, 0.15) is 23.1 Å². The molecule has 1 aliphatic rings. The number of benzene rings is 2. The van der Waals surface area contributed by atoms with Gasteiger partial charge in [-0.05, 0) is 48.7 Å². The van der Waals surface area contributed by atoms with Crippen molar-refractivity contribution in [2.45, 2.75) is 26.0 Å². The summed E-state index contributed by atoms with van der Waals surface area (Å²) in [6, 6.07) is 12.6. The second kappa shape index (κ2) is 7.45. The summed E-state index contributed by atoms with van der Waals surface area (Å²) in [5.41, 5.74) is 8.24. The predicted molar refractivity (Wildman–Crippen MR) is 90.0 cm³/mol. The Morgan fingerprint density at radius 2 is 2.04 bits per heavy atom. The lowest BCUT2D eigenvalue weighted by Gasteiger charge is -2.18. The van der Waals surface area contributed by atoms with E-state index < -0.39 is 0 Å². The predicted octanol–water partition coefficient (Wildman–Crippen LogP) is 2.64. The summed E-state index contributed by atoms with van der Waals surface area (Å²) in [7, 11) is 0. The Morgan fingerprint density at radius 1 is 1.21 bits per heavy atom. The molecule has 0 atom stereocenters. The number of nitrogens with zero attached hydrogens (tertiary/aromatic N) is 1. The van der Waals surface area contributed by atoms with Crippen LogP contribution in [0.15, 0.2) is 42.5 Å². The highest BCUT2D eigenvalue weighted by molar-refractivity contribution is 5.75. The number of carbonyl (C=O) groups is 1. The van der Waals surface area contributed by atoms with Crippen molar-refractivity contribution >= 4 is 5.91 Å². The molecule has 0 aromatic heterocycles. The number of primary amides is 1. The molecule has 0 aliphatic carbocycles. The van der Waals surface area contributed by atoms with Crippen LogP contribution in [0.3, 0.4) is 0 Å². The average molecular weight is 328 g/mol. The summed E-state index contributed by atoms with van der Waals surface area (Å²) in [6.07, 6.45) is 1.90. The Morgan fingerprint density at radius 3 is 2.83 bits per heavy atom. The van der Waals surface area contributed by atoms with Crippen molar-refractivity contribution in [3.63, 3.8) is 0 Å². The molecule has 1 aliphatic heterocycles. The van der Waals surface area contributed by atoms with E-state index in [0.29, 0.717) is 12.1 Å². The Labute approximate surface area is 141 Å². The molecule has 1 heterocycles. The molecule has 2 aromatic rings. The van der Waals surface area contributed by atoms with Gasteiger partial charge in [-0.15, -0.1) is 0 Å². The zero-order valence-corrected chi connectivity index (χ0v) is 13.5. The Bertz CT molecular complexity index is 733. The molecule has 3 rings (SSSR count). The molecule has 0 spiro atoms. The molecule has 0 saturated carbocycles. The fraction of sp³-hybridized carbons (Fsp3) is 0.316. The number of halogens is 1. The monoisotopic (exact) mass is 328 g/mol. The minimum Gasteiger partial charge on any atom is -0.489 e. The van der Waals surface area contributed by atoms with E-state index in [0.717, 1.165) is 25.1 Å². The van der Waals surface area contributed by atoms with E-state index in [9.17, 15) is 9.18 Å². The number of carbonyl (C=O) groups excluding carboxylic acids is 1. The van der Waals surface area contributed by atoms with E-state index in [2.05, 4.69) is 4.90 Å². The van der Waals surface area contributed by atoms with E-state index in [-0.39, 0.29) is 24.9 Å². The third-order valence-electron chi connectivity index (χ3n) is 4.22. The van der Waals surface area contributed by atoms with Crippen molar-refractivity contribution in [2.24, 2.45) is 5.73 Å². The number of amides is 1. The number of rotatable bonds is 5. The van der Waals surface area contributed by atoms with E-state index in [1.54, 1.807) is 18.2 Å². The second-order valence-electron chi connectivity index (χ2n) is 6.09. The number of hydrogen-bond acceptors (Lipinski definition) is 3. The van der Waals surface area contributed by atoms with Crippen LogP contribution in [0.2, 0.25) is 0 Å². The molecule has 24 heavy (non-hydrogen) atoms. The van der Waals surface area contributed by atoms with E-state index >= 15 is 0 Å². The molecule has 0 radical (unpaired) electrons. The average Bonchev–Trinajstić information content (AvgIpc) is 2.74. The Kier molecular flexibility index (Phi) is 5.11. The van der Waals surface area contributed by atoms with E-state index in [1.165, 1.54) is 17.2 Å². The van der Waals surface area contributed by atoms with Gasteiger partial charge in [-0.2, -0.15) is 0 Å². The maximum atomic E-state index is 13.6. The highest BCUT2D eigenvalue weighted by Gasteiger charge is 2.16. The molecule has 0 saturated heterocycles. The maximum Gasteiger partial charge on any atom is 0.231 e. The smallest absolute Gasteiger partial charge is 0.231 e. The maximum absolute atomic E-state index is 13.6. The first-order chi connectivity index (χ1) is 11.6. The molecule has 0 unspecified atom stereocenters. The van der Waals surface area contributed by atoms with Crippen LogP contribution in [-0.4, -0.2) is 23.9 Å². The Hall–Kier alpha value is -2.40. The van der Waals surface area contributed by atoms with Crippen LogP contribution in [-0.2, 0) is 24.4 Å².